The highest BCUT2D eigenvalue weighted by molar-refractivity contribution is 9.10. The van der Waals surface area contributed by atoms with Gasteiger partial charge < -0.3 is 9.88 Å². The van der Waals surface area contributed by atoms with Crippen molar-refractivity contribution in [2.75, 3.05) is 11.9 Å². The molecule has 106 valence electrons. The number of anilines is 1. The van der Waals surface area contributed by atoms with E-state index < -0.39 is 4.92 Å². The SMILES string of the molecule is O=[N+]([O-])c1cncc(Br)c1NCCCCn1ccnc1. The van der Waals surface area contributed by atoms with E-state index in [1.807, 2.05) is 10.8 Å². The zero-order valence-electron chi connectivity index (χ0n) is 10.7. The van der Waals surface area contributed by atoms with Crippen LogP contribution in [0.3, 0.4) is 0 Å². The van der Waals surface area contributed by atoms with Crippen LogP contribution in [-0.4, -0.2) is 26.0 Å². The molecule has 0 saturated carbocycles. The van der Waals surface area contributed by atoms with Gasteiger partial charge in [-0.15, -0.1) is 0 Å². The highest BCUT2D eigenvalue weighted by Crippen LogP contribution is 2.30. The normalized spacial score (nSPS) is 10.4. The zero-order chi connectivity index (χ0) is 14.4. The molecule has 0 spiro atoms. The first kappa shape index (κ1) is 14.4. The second-order valence-electron chi connectivity index (χ2n) is 4.21. The maximum Gasteiger partial charge on any atom is 0.311 e. The van der Waals surface area contributed by atoms with Gasteiger partial charge in [0.2, 0.25) is 0 Å². The summed E-state index contributed by atoms with van der Waals surface area (Å²) in [4.78, 5) is 18.2. The number of halogens is 1. The number of nitrogens with one attached hydrogen (secondary N) is 1. The number of nitrogens with zero attached hydrogens (tertiary/aromatic N) is 4. The van der Waals surface area contributed by atoms with Gasteiger partial charge in [0, 0.05) is 31.7 Å². The minimum absolute atomic E-state index is 0.0195. The van der Waals surface area contributed by atoms with Gasteiger partial charge in [-0.25, -0.2) is 4.98 Å². The Morgan fingerprint density at radius 3 is 2.90 bits per heavy atom. The summed E-state index contributed by atoms with van der Waals surface area (Å²) < 4.78 is 2.60. The lowest BCUT2D eigenvalue weighted by Crippen LogP contribution is -2.06. The summed E-state index contributed by atoms with van der Waals surface area (Å²) in [6, 6.07) is 0. The van der Waals surface area contributed by atoms with Gasteiger partial charge in [-0.2, -0.15) is 0 Å². The average Bonchev–Trinajstić information content (AvgIpc) is 2.92. The molecule has 2 heterocycles. The lowest BCUT2D eigenvalue weighted by atomic mass is 10.3. The van der Waals surface area contributed by atoms with Gasteiger partial charge in [0.05, 0.1) is 15.7 Å². The van der Waals surface area contributed by atoms with Gasteiger partial charge in [0.15, 0.2) is 0 Å². The van der Waals surface area contributed by atoms with Gasteiger partial charge in [0.25, 0.3) is 0 Å². The molecule has 0 aliphatic carbocycles. The van der Waals surface area contributed by atoms with Gasteiger partial charge in [-0.3, -0.25) is 15.1 Å². The molecule has 0 aliphatic rings. The van der Waals surface area contributed by atoms with E-state index in [4.69, 9.17) is 0 Å². The Labute approximate surface area is 124 Å². The molecular weight excluding hydrogens is 326 g/mol. The number of rotatable bonds is 7. The Morgan fingerprint density at radius 2 is 2.20 bits per heavy atom. The van der Waals surface area contributed by atoms with E-state index in [-0.39, 0.29) is 5.69 Å². The summed E-state index contributed by atoms with van der Waals surface area (Å²) in [7, 11) is 0. The lowest BCUT2D eigenvalue weighted by molar-refractivity contribution is -0.384. The van der Waals surface area contributed by atoms with Crippen LogP contribution in [-0.2, 0) is 6.54 Å². The Kier molecular flexibility index (Phi) is 5.05. The van der Waals surface area contributed by atoms with Crippen LogP contribution >= 0.6 is 15.9 Å². The third-order valence-corrected chi connectivity index (χ3v) is 3.38. The second-order valence-corrected chi connectivity index (χ2v) is 5.06. The molecule has 0 fully saturated rings. The van der Waals surface area contributed by atoms with Crippen molar-refractivity contribution in [3.05, 3.63) is 45.7 Å². The van der Waals surface area contributed by atoms with Crippen molar-refractivity contribution in [3.8, 4) is 0 Å². The fourth-order valence-corrected chi connectivity index (χ4v) is 2.25. The number of nitro groups is 1. The fourth-order valence-electron chi connectivity index (χ4n) is 1.79. The summed E-state index contributed by atoms with van der Waals surface area (Å²) in [5.74, 6) is 0. The molecule has 0 amide bonds. The van der Waals surface area contributed by atoms with Crippen LogP contribution in [0, 0.1) is 10.1 Å². The molecule has 2 rings (SSSR count). The standard InChI is InChI=1S/C12H14BrN5O2/c13-10-7-15-8-11(18(19)20)12(10)16-3-1-2-5-17-6-4-14-9-17/h4,6-9H,1-3,5H2,(H,15,16). The summed E-state index contributed by atoms with van der Waals surface area (Å²) in [5.41, 5.74) is 0.460. The van der Waals surface area contributed by atoms with Crippen molar-refractivity contribution >= 4 is 27.3 Å². The summed E-state index contributed by atoms with van der Waals surface area (Å²) in [6.45, 7) is 1.55. The Morgan fingerprint density at radius 1 is 1.35 bits per heavy atom. The van der Waals surface area contributed by atoms with Crippen LogP contribution < -0.4 is 5.32 Å². The van der Waals surface area contributed by atoms with Crippen LogP contribution in [0.4, 0.5) is 11.4 Å². The maximum absolute atomic E-state index is 10.9. The predicted octanol–water partition coefficient (Wildman–Crippen LogP) is 2.84. The minimum atomic E-state index is -0.439. The molecule has 0 aromatic carbocycles. The monoisotopic (exact) mass is 339 g/mol. The van der Waals surface area contributed by atoms with Crippen molar-refractivity contribution < 1.29 is 4.92 Å². The summed E-state index contributed by atoms with van der Waals surface area (Å²) >= 11 is 3.27. The largest absolute Gasteiger partial charge is 0.378 e. The van der Waals surface area contributed by atoms with Crippen LogP contribution in [0.25, 0.3) is 0 Å². The highest BCUT2D eigenvalue weighted by Gasteiger charge is 2.16. The van der Waals surface area contributed by atoms with E-state index >= 15 is 0 Å². The van der Waals surface area contributed by atoms with Crippen LogP contribution in [0.5, 0.6) is 0 Å². The maximum atomic E-state index is 10.9. The van der Waals surface area contributed by atoms with Crippen molar-refractivity contribution in [2.24, 2.45) is 0 Å². The minimum Gasteiger partial charge on any atom is -0.378 e. The summed E-state index contributed by atoms with van der Waals surface area (Å²) in [6.07, 6.45) is 10.1. The van der Waals surface area contributed by atoms with Crippen LogP contribution in [0.15, 0.2) is 35.6 Å². The second kappa shape index (κ2) is 6.99. The Hall–Kier alpha value is -1.96. The number of aryl methyl sites for hydroxylation is 1. The smallest absolute Gasteiger partial charge is 0.311 e. The molecule has 0 radical (unpaired) electrons. The molecule has 7 nitrogen and oxygen atoms in total. The van der Waals surface area contributed by atoms with Crippen molar-refractivity contribution in [1.29, 1.82) is 0 Å². The highest BCUT2D eigenvalue weighted by atomic mass is 79.9. The van der Waals surface area contributed by atoms with E-state index in [1.54, 1.807) is 18.7 Å². The molecule has 0 bridgehead atoms. The number of hydrogen-bond acceptors (Lipinski definition) is 5. The fraction of sp³-hybridized carbons (Fsp3) is 0.333. The third kappa shape index (κ3) is 3.77. The molecule has 2 aromatic heterocycles. The topological polar surface area (TPSA) is 85.9 Å². The molecule has 8 heteroatoms. The average molecular weight is 340 g/mol. The number of hydrogen-bond donors (Lipinski definition) is 1. The molecule has 1 N–H and O–H groups in total. The number of unbranched alkanes of at least 4 members (excludes halogenated alkanes) is 1. The third-order valence-electron chi connectivity index (χ3n) is 2.78. The Balaban J connectivity index is 1.83. The van der Waals surface area contributed by atoms with E-state index in [2.05, 4.69) is 31.2 Å². The number of imidazole rings is 1. The van der Waals surface area contributed by atoms with E-state index in [0.717, 1.165) is 19.4 Å². The van der Waals surface area contributed by atoms with Gasteiger partial charge >= 0.3 is 5.69 Å². The quantitative estimate of drug-likeness (QED) is 0.476. The number of aromatic nitrogens is 3. The molecule has 20 heavy (non-hydrogen) atoms. The molecule has 0 saturated heterocycles. The van der Waals surface area contributed by atoms with Crippen molar-refractivity contribution in [3.63, 3.8) is 0 Å². The van der Waals surface area contributed by atoms with E-state index in [1.165, 1.54) is 6.20 Å². The van der Waals surface area contributed by atoms with Crippen molar-refractivity contribution in [1.82, 2.24) is 14.5 Å². The van der Waals surface area contributed by atoms with Gasteiger partial charge in [-0.1, -0.05) is 0 Å². The predicted molar refractivity (Wildman–Crippen MR) is 78.5 cm³/mol. The van der Waals surface area contributed by atoms with E-state index in [0.29, 0.717) is 16.7 Å². The molecule has 2 aromatic rings. The Bertz CT molecular complexity index is 573. The van der Waals surface area contributed by atoms with Gasteiger partial charge in [0.1, 0.15) is 11.9 Å². The number of pyridine rings is 1. The molecule has 0 atom stereocenters. The molecule has 0 unspecified atom stereocenters. The molecule has 0 aliphatic heterocycles. The lowest BCUT2D eigenvalue weighted by Gasteiger charge is -2.08. The zero-order valence-corrected chi connectivity index (χ0v) is 12.3. The summed E-state index contributed by atoms with van der Waals surface area (Å²) in [5, 5.41) is 14.0. The first-order chi connectivity index (χ1) is 9.68. The van der Waals surface area contributed by atoms with Gasteiger partial charge in [-0.05, 0) is 28.8 Å². The molecular formula is C12H14BrN5O2. The first-order valence-electron chi connectivity index (χ1n) is 6.16. The van der Waals surface area contributed by atoms with Crippen molar-refractivity contribution in [2.45, 2.75) is 19.4 Å². The van der Waals surface area contributed by atoms with Crippen LogP contribution in [0.1, 0.15) is 12.8 Å². The first-order valence-corrected chi connectivity index (χ1v) is 6.95. The van der Waals surface area contributed by atoms with E-state index in [9.17, 15) is 10.1 Å². The van der Waals surface area contributed by atoms with Crippen LogP contribution in [0.2, 0.25) is 0 Å².